The second-order valence-electron chi connectivity index (χ2n) is 3.77. The Bertz CT molecular complexity index is 555. The number of carbonyl (C=O) groups excluding carboxylic acids is 1. The Balaban J connectivity index is 2.00. The van der Waals surface area contributed by atoms with E-state index in [0.717, 1.165) is 12.2 Å². The van der Waals surface area contributed by atoms with E-state index in [0.29, 0.717) is 16.6 Å². The Morgan fingerprint density at radius 3 is 3.00 bits per heavy atom. The van der Waals surface area contributed by atoms with Crippen LogP contribution in [0, 0.1) is 0 Å². The summed E-state index contributed by atoms with van der Waals surface area (Å²) in [6.07, 6.45) is 1.69. The molecule has 4 N–H and O–H groups in total. The van der Waals surface area contributed by atoms with Crippen molar-refractivity contribution >= 4 is 28.2 Å². The summed E-state index contributed by atoms with van der Waals surface area (Å²) in [5.41, 5.74) is 6.52. The highest BCUT2D eigenvalue weighted by molar-refractivity contribution is 7.18. The summed E-state index contributed by atoms with van der Waals surface area (Å²) in [5.74, 6) is 0.0178. The first kappa shape index (κ1) is 13.3. The molecule has 0 aromatic carbocycles. The van der Waals surface area contributed by atoms with Gasteiger partial charge in [-0.2, -0.15) is 0 Å². The van der Waals surface area contributed by atoms with Crippen LogP contribution in [0.3, 0.4) is 0 Å². The Morgan fingerprint density at radius 1 is 1.47 bits per heavy atom. The number of thiazole rings is 1. The number of hydrogen-bond donors (Lipinski definition) is 3. The summed E-state index contributed by atoms with van der Waals surface area (Å²) in [6, 6.07) is 5.55. The largest absolute Gasteiger partial charge is 0.382 e. The average Bonchev–Trinajstić information content (AvgIpc) is 2.79. The van der Waals surface area contributed by atoms with E-state index in [1.165, 1.54) is 11.3 Å². The average molecular weight is 277 g/mol. The standard InChI is InChI=1S/C12H15N5OS/c1-2-14-12-17-10(13)9(19-12)11(18)16-7-8-5-3-4-6-15-8/h3-6H,2,7,13H2,1H3,(H,14,17)(H,16,18). The summed E-state index contributed by atoms with van der Waals surface area (Å²) in [7, 11) is 0. The van der Waals surface area contributed by atoms with Crippen LogP contribution in [0.2, 0.25) is 0 Å². The highest BCUT2D eigenvalue weighted by atomic mass is 32.1. The third kappa shape index (κ3) is 3.41. The van der Waals surface area contributed by atoms with E-state index in [2.05, 4.69) is 20.6 Å². The van der Waals surface area contributed by atoms with Crippen molar-refractivity contribution in [3.63, 3.8) is 0 Å². The molecule has 0 atom stereocenters. The van der Waals surface area contributed by atoms with Gasteiger partial charge < -0.3 is 16.4 Å². The van der Waals surface area contributed by atoms with Crippen LogP contribution in [-0.4, -0.2) is 22.4 Å². The molecule has 6 nitrogen and oxygen atoms in total. The number of aromatic nitrogens is 2. The summed E-state index contributed by atoms with van der Waals surface area (Å²) in [5, 5.41) is 6.46. The maximum absolute atomic E-state index is 12.0. The highest BCUT2D eigenvalue weighted by Gasteiger charge is 2.15. The number of nitrogens with zero attached hydrogens (tertiary/aromatic N) is 2. The third-order valence-electron chi connectivity index (χ3n) is 2.34. The van der Waals surface area contributed by atoms with Crippen LogP contribution in [0.1, 0.15) is 22.3 Å². The normalized spacial score (nSPS) is 10.2. The van der Waals surface area contributed by atoms with Crippen LogP contribution >= 0.6 is 11.3 Å². The molecule has 0 spiro atoms. The fourth-order valence-corrected chi connectivity index (χ4v) is 2.34. The minimum Gasteiger partial charge on any atom is -0.382 e. The molecule has 0 aliphatic carbocycles. The van der Waals surface area contributed by atoms with E-state index in [9.17, 15) is 4.79 Å². The number of nitrogen functional groups attached to an aromatic ring is 1. The predicted octanol–water partition coefficient (Wildman–Crippen LogP) is 1.48. The van der Waals surface area contributed by atoms with Gasteiger partial charge in [0.25, 0.3) is 5.91 Å². The molecule has 0 aliphatic rings. The molecule has 2 aromatic heterocycles. The zero-order chi connectivity index (χ0) is 13.7. The number of pyridine rings is 1. The van der Waals surface area contributed by atoms with Gasteiger partial charge in [-0.05, 0) is 19.1 Å². The first-order chi connectivity index (χ1) is 9.20. The molecule has 0 aliphatic heterocycles. The molecular weight excluding hydrogens is 262 g/mol. The minimum absolute atomic E-state index is 0.232. The van der Waals surface area contributed by atoms with Gasteiger partial charge in [0.1, 0.15) is 10.7 Å². The summed E-state index contributed by atoms with van der Waals surface area (Å²) >= 11 is 1.25. The van der Waals surface area contributed by atoms with Crippen LogP contribution in [0.4, 0.5) is 10.9 Å². The van der Waals surface area contributed by atoms with E-state index in [1.807, 2.05) is 25.1 Å². The van der Waals surface area contributed by atoms with Crippen molar-refractivity contribution in [3.05, 3.63) is 35.0 Å². The lowest BCUT2D eigenvalue weighted by Gasteiger charge is -2.02. The molecular formula is C12H15N5OS. The zero-order valence-corrected chi connectivity index (χ0v) is 11.3. The van der Waals surface area contributed by atoms with Crippen LogP contribution in [0.15, 0.2) is 24.4 Å². The monoisotopic (exact) mass is 277 g/mol. The van der Waals surface area contributed by atoms with E-state index < -0.39 is 0 Å². The van der Waals surface area contributed by atoms with Crippen LogP contribution in [0.5, 0.6) is 0 Å². The topological polar surface area (TPSA) is 92.9 Å². The lowest BCUT2D eigenvalue weighted by atomic mass is 10.3. The molecule has 100 valence electrons. The van der Waals surface area contributed by atoms with Gasteiger partial charge >= 0.3 is 0 Å². The number of anilines is 2. The quantitative estimate of drug-likeness (QED) is 0.770. The second-order valence-corrected chi connectivity index (χ2v) is 4.77. The third-order valence-corrected chi connectivity index (χ3v) is 3.37. The molecule has 1 amide bonds. The van der Waals surface area contributed by atoms with Gasteiger partial charge in [0.05, 0.1) is 12.2 Å². The number of hydrogen-bond acceptors (Lipinski definition) is 6. The lowest BCUT2D eigenvalue weighted by Crippen LogP contribution is -2.23. The van der Waals surface area contributed by atoms with Gasteiger partial charge in [-0.15, -0.1) is 0 Å². The molecule has 0 saturated carbocycles. The molecule has 0 unspecified atom stereocenters. The van der Waals surface area contributed by atoms with Gasteiger partial charge in [-0.1, -0.05) is 17.4 Å². The maximum Gasteiger partial charge on any atom is 0.265 e. The predicted molar refractivity (Wildman–Crippen MR) is 76.1 cm³/mol. The van der Waals surface area contributed by atoms with Crippen molar-refractivity contribution in [2.45, 2.75) is 13.5 Å². The minimum atomic E-state index is -0.232. The number of nitrogens with one attached hydrogen (secondary N) is 2. The van der Waals surface area contributed by atoms with Crippen molar-refractivity contribution in [1.82, 2.24) is 15.3 Å². The fraction of sp³-hybridized carbons (Fsp3) is 0.250. The number of rotatable bonds is 5. The summed E-state index contributed by atoms with van der Waals surface area (Å²) in [6.45, 7) is 3.06. The zero-order valence-electron chi connectivity index (χ0n) is 10.5. The van der Waals surface area contributed by atoms with E-state index in [1.54, 1.807) is 6.20 Å². The molecule has 2 rings (SSSR count). The van der Waals surface area contributed by atoms with Gasteiger partial charge in [0, 0.05) is 12.7 Å². The van der Waals surface area contributed by atoms with Gasteiger partial charge in [0.15, 0.2) is 5.13 Å². The molecule has 2 heterocycles. The lowest BCUT2D eigenvalue weighted by molar-refractivity contribution is 0.0955. The van der Waals surface area contributed by atoms with E-state index in [4.69, 9.17) is 5.73 Å². The Kier molecular flexibility index (Phi) is 4.30. The Morgan fingerprint density at radius 2 is 2.32 bits per heavy atom. The maximum atomic E-state index is 12.0. The number of nitrogens with two attached hydrogens (primary N) is 1. The van der Waals surface area contributed by atoms with E-state index in [-0.39, 0.29) is 11.7 Å². The number of carbonyl (C=O) groups is 1. The summed E-state index contributed by atoms with van der Waals surface area (Å²) in [4.78, 5) is 20.6. The van der Waals surface area contributed by atoms with Crippen molar-refractivity contribution in [3.8, 4) is 0 Å². The highest BCUT2D eigenvalue weighted by Crippen LogP contribution is 2.24. The SMILES string of the molecule is CCNc1nc(N)c(C(=O)NCc2ccccn2)s1. The Labute approximate surface area is 115 Å². The van der Waals surface area contributed by atoms with Gasteiger partial charge in [-0.25, -0.2) is 4.98 Å². The van der Waals surface area contributed by atoms with Gasteiger partial charge in [0.2, 0.25) is 0 Å². The molecule has 19 heavy (non-hydrogen) atoms. The molecule has 0 radical (unpaired) electrons. The van der Waals surface area contributed by atoms with Crippen molar-refractivity contribution in [2.75, 3.05) is 17.6 Å². The Hall–Kier alpha value is -2.15. The molecule has 2 aromatic rings. The number of amides is 1. The van der Waals surface area contributed by atoms with Crippen LogP contribution in [0.25, 0.3) is 0 Å². The van der Waals surface area contributed by atoms with Crippen molar-refractivity contribution in [2.24, 2.45) is 0 Å². The van der Waals surface area contributed by atoms with Crippen LogP contribution in [-0.2, 0) is 6.54 Å². The first-order valence-corrected chi connectivity index (χ1v) is 6.70. The van der Waals surface area contributed by atoms with Crippen molar-refractivity contribution in [1.29, 1.82) is 0 Å². The smallest absolute Gasteiger partial charge is 0.265 e. The van der Waals surface area contributed by atoms with Crippen molar-refractivity contribution < 1.29 is 4.79 Å². The summed E-state index contributed by atoms with van der Waals surface area (Å²) < 4.78 is 0. The molecule has 0 saturated heterocycles. The first-order valence-electron chi connectivity index (χ1n) is 5.89. The molecule has 7 heteroatoms. The van der Waals surface area contributed by atoms with E-state index >= 15 is 0 Å². The molecule has 0 fully saturated rings. The molecule has 0 bridgehead atoms. The fourth-order valence-electron chi connectivity index (χ4n) is 1.48. The second kappa shape index (κ2) is 6.14. The van der Waals surface area contributed by atoms with Crippen LogP contribution < -0.4 is 16.4 Å². The van der Waals surface area contributed by atoms with Gasteiger partial charge in [-0.3, -0.25) is 9.78 Å².